The van der Waals surface area contributed by atoms with Crippen LogP contribution in [0.15, 0.2) is 30.4 Å². The number of nitrogens with one attached hydrogen (secondary N) is 3. The Labute approximate surface area is 317 Å². The van der Waals surface area contributed by atoms with E-state index in [2.05, 4.69) is 15.4 Å². The average Bonchev–Trinajstić information content (AvgIpc) is 4.02. The summed E-state index contributed by atoms with van der Waals surface area (Å²) < 4.78 is 78.8. The van der Waals surface area contributed by atoms with E-state index in [1.165, 1.54) is 15.9 Å². The van der Waals surface area contributed by atoms with Crippen LogP contribution in [0, 0.1) is 5.92 Å². The molecule has 302 valence electrons. The quantitative estimate of drug-likeness (QED) is 0.371. The standard InChI is InChI=1S/C37H48F3N5O9S/c1-35(2,3)54-33(49)41-28-10-8-6-4-5-7-9-25-19-36(25,32(48)43-55(51,52)27-13-14-27)42-30(46)29-18-26(21-45(29)31(28)47)53-34(50)44-16-15-22-17-24(37(38,39)40)12-11-23(22)20-44/h7,9,11-12,17,25-29H,4-6,8,10,13-16,18-21H2,1-3H3,(H,41,49)(H,42,46)(H,43,48)/b9-7-/t25-,26-,28+,29+,36-/m1/s1. The molecular weight excluding hydrogens is 747 g/mol. The summed E-state index contributed by atoms with van der Waals surface area (Å²) in [5.41, 5.74) is -2.25. The molecule has 0 aromatic heterocycles. The van der Waals surface area contributed by atoms with E-state index in [0.717, 1.165) is 18.6 Å². The molecule has 55 heavy (non-hydrogen) atoms. The monoisotopic (exact) mass is 795 g/mol. The molecular formula is C37H48F3N5O9S. The third kappa shape index (κ3) is 9.55. The third-order valence-corrected chi connectivity index (χ3v) is 12.4. The van der Waals surface area contributed by atoms with Crippen molar-refractivity contribution in [3.8, 4) is 0 Å². The number of allylic oxidation sites excluding steroid dienone is 1. The molecule has 3 heterocycles. The third-order valence-electron chi connectivity index (χ3n) is 10.6. The number of carbonyl (C=O) groups is 5. The molecule has 3 N–H and O–H groups in total. The van der Waals surface area contributed by atoms with Crippen molar-refractivity contribution in [3.63, 3.8) is 0 Å². The van der Waals surface area contributed by atoms with Crippen LogP contribution >= 0.6 is 0 Å². The summed E-state index contributed by atoms with van der Waals surface area (Å²) >= 11 is 0. The summed E-state index contributed by atoms with van der Waals surface area (Å²) in [5.74, 6) is -2.78. The van der Waals surface area contributed by atoms with Gasteiger partial charge < -0.3 is 29.9 Å². The van der Waals surface area contributed by atoms with Gasteiger partial charge in [-0.05, 0) is 89.0 Å². The van der Waals surface area contributed by atoms with Gasteiger partial charge in [-0.2, -0.15) is 13.2 Å². The fourth-order valence-electron chi connectivity index (χ4n) is 7.40. The first-order valence-electron chi connectivity index (χ1n) is 18.7. The predicted molar refractivity (Wildman–Crippen MR) is 190 cm³/mol. The first-order valence-corrected chi connectivity index (χ1v) is 20.3. The normalized spacial score (nSPS) is 28.3. The molecule has 5 aliphatic rings. The molecule has 0 bridgehead atoms. The molecule has 0 unspecified atom stereocenters. The van der Waals surface area contributed by atoms with Crippen LogP contribution in [-0.2, 0) is 53.0 Å². The van der Waals surface area contributed by atoms with Crippen molar-refractivity contribution in [2.75, 3.05) is 13.1 Å². The predicted octanol–water partition coefficient (Wildman–Crippen LogP) is 4.07. The van der Waals surface area contributed by atoms with Gasteiger partial charge in [0.05, 0.1) is 17.4 Å². The lowest BCUT2D eigenvalue weighted by molar-refractivity contribution is -0.141. The molecule has 5 atom stereocenters. The first-order chi connectivity index (χ1) is 25.8. The summed E-state index contributed by atoms with van der Waals surface area (Å²) in [4.78, 5) is 71.1. The fourth-order valence-corrected chi connectivity index (χ4v) is 8.76. The van der Waals surface area contributed by atoms with Crippen LogP contribution in [0.3, 0.4) is 0 Å². The van der Waals surface area contributed by atoms with Gasteiger partial charge in [0, 0.05) is 25.4 Å². The second-order valence-corrected chi connectivity index (χ2v) is 18.1. The Morgan fingerprint density at radius 1 is 1.02 bits per heavy atom. The number of halogens is 3. The number of hydrogen-bond donors (Lipinski definition) is 3. The minimum atomic E-state index is -4.51. The zero-order valence-electron chi connectivity index (χ0n) is 31.1. The van der Waals surface area contributed by atoms with Crippen LogP contribution in [-0.4, -0.2) is 95.8 Å². The van der Waals surface area contributed by atoms with Crippen molar-refractivity contribution < 1.29 is 55.0 Å². The fraction of sp³-hybridized carbons (Fsp3) is 0.649. The highest BCUT2D eigenvalue weighted by atomic mass is 32.2. The van der Waals surface area contributed by atoms with Crippen molar-refractivity contribution in [1.82, 2.24) is 25.2 Å². The Balaban J connectivity index is 1.23. The molecule has 2 aliphatic carbocycles. The van der Waals surface area contributed by atoms with Gasteiger partial charge in [0.15, 0.2) is 0 Å². The van der Waals surface area contributed by atoms with Gasteiger partial charge in [0.1, 0.15) is 29.3 Å². The van der Waals surface area contributed by atoms with Gasteiger partial charge in [-0.3, -0.25) is 19.1 Å². The highest BCUT2D eigenvalue weighted by Gasteiger charge is 2.62. The van der Waals surface area contributed by atoms with Crippen LogP contribution in [0.25, 0.3) is 0 Å². The van der Waals surface area contributed by atoms with E-state index in [1.54, 1.807) is 26.8 Å². The number of fused-ring (bicyclic) bond motifs is 3. The molecule has 6 rings (SSSR count). The van der Waals surface area contributed by atoms with Crippen LogP contribution in [0.5, 0.6) is 0 Å². The smallest absolute Gasteiger partial charge is 0.416 e. The van der Waals surface area contributed by atoms with E-state index in [1.807, 2.05) is 6.08 Å². The maximum Gasteiger partial charge on any atom is 0.416 e. The largest absolute Gasteiger partial charge is 0.444 e. The minimum absolute atomic E-state index is 0.0102. The number of rotatable bonds is 5. The molecule has 0 radical (unpaired) electrons. The van der Waals surface area contributed by atoms with E-state index < -0.39 is 92.2 Å². The lowest BCUT2D eigenvalue weighted by Crippen LogP contribution is -2.58. The van der Waals surface area contributed by atoms with Crippen molar-refractivity contribution in [3.05, 3.63) is 47.0 Å². The van der Waals surface area contributed by atoms with Crippen LogP contribution in [0.2, 0.25) is 0 Å². The number of alkyl halides is 3. The van der Waals surface area contributed by atoms with Crippen molar-refractivity contribution in [2.24, 2.45) is 5.92 Å². The summed E-state index contributed by atoms with van der Waals surface area (Å²) in [6.45, 7) is 4.84. The SMILES string of the molecule is CC(C)(C)OC(=O)N[C@H]1CCCCC/C=C\[C@@H]2C[C@@]2(C(=O)NS(=O)(=O)C2CC2)NC(=O)[C@@H]2C[C@@H](OC(=O)N3CCc4cc(C(F)(F)F)ccc4C3)CN2C1=O. The number of hydrogen-bond acceptors (Lipinski definition) is 9. The maximum atomic E-state index is 14.3. The number of sulfonamides is 1. The van der Waals surface area contributed by atoms with Crippen molar-refractivity contribution >= 4 is 39.9 Å². The van der Waals surface area contributed by atoms with Crippen molar-refractivity contribution in [2.45, 2.75) is 132 Å². The van der Waals surface area contributed by atoms with Crippen molar-refractivity contribution in [1.29, 1.82) is 0 Å². The van der Waals surface area contributed by atoms with E-state index in [9.17, 15) is 45.6 Å². The maximum absolute atomic E-state index is 14.3. The number of nitrogens with zero attached hydrogens (tertiary/aromatic N) is 2. The molecule has 2 saturated carbocycles. The minimum Gasteiger partial charge on any atom is -0.444 e. The zero-order chi connectivity index (χ0) is 39.9. The highest BCUT2D eigenvalue weighted by Crippen LogP contribution is 2.46. The molecule has 1 aromatic rings. The summed E-state index contributed by atoms with van der Waals surface area (Å²) in [6.07, 6.45) is 0.289. The molecule has 3 aliphatic heterocycles. The second kappa shape index (κ2) is 15.3. The molecule has 5 amide bonds. The van der Waals surface area contributed by atoms with E-state index in [-0.39, 0.29) is 45.3 Å². The van der Waals surface area contributed by atoms with Gasteiger partial charge in [-0.15, -0.1) is 0 Å². The molecule has 1 aromatic carbocycles. The molecule has 0 spiro atoms. The molecule has 1 saturated heterocycles. The van der Waals surface area contributed by atoms with E-state index in [0.29, 0.717) is 43.2 Å². The van der Waals surface area contributed by atoms with Gasteiger partial charge in [-0.1, -0.05) is 31.1 Å². The second-order valence-electron chi connectivity index (χ2n) is 16.1. The lowest BCUT2D eigenvalue weighted by Gasteiger charge is -2.30. The Kier molecular flexibility index (Phi) is 11.2. The first kappa shape index (κ1) is 40.3. The summed E-state index contributed by atoms with van der Waals surface area (Å²) in [7, 11) is -3.95. The Bertz CT molecular complexity index is 1840. The Morgan fingerprint density at radius 2 is 1.76 bits per heavy atom. The van der Waals surface area contributed by atoms with Crippen LogP contribution in [0.4, 0.5) is 22.8 Å². The molecule has 18 heteroatoms. The topological polar surface area (TPSA) is 181 Å². The average molecular weight is 796 g/mol. The van der Waals surface area contributed by atoms with Gasteiger partial charge in [-0.25, -0.2) is 18.0 Å². The number of benzene rings is 1. The zero-order valence-corrected chi connectivity index (χ0v) is 31.9. The summed E-state index contributed by atoms with van der Waals surface area (Å²) in [6, 6.07) is 0.954. The lowest BCUT2D eigenvalue weighted by atomic mass is 9.97. The van der Waals surface area contributed by atoms with Gasteiger partial charge >= 0.3 is 18.4 Å². The van der Waals surface area contributed by atoms with E-state index in [4.69, 9.17) is 9.47 Å². The Hall–Kier alpha value is -4.35. The number of carbonyl (C=O) groups excluding carboxylic acids is 5. The number of amides is 5. The summed E-state index contributed by atoms with van der Waals surface area (Å²) in [5, 5.41) is 4.72. The van der Waals surface area contributed by atoms with Gasteiger partial charge in [0.25, 0.3) is 5.91 Å². The van der Waals surface area contributed by atoms with Gasteiger partial charge in [0.2, 0.25) is 21.8 Å². The molecule has 3 fully saturated rings. The number of alkyl carbamates (subject to hydrolysis) is 1. The molecule has 14 nitrogen and oxygen atoms in total. The highest BCUT2D eigenvalue weighted by molar-refractivity contribution is 7.91. The van der Waals surface area contributed by atoms with Crippen LogP contribution < -0.4 is 15.4 Å². The van der Waals surface area contributed by atoms with E-state index >= 15 is 0 Å². The van der Waals surface area contributed by atoms with Crippen LogP contribution in [0.1, 0.15) is 95.2 Å². The Morgan fingerprint density at radius 3 is 2.45 bits per heavy atom. The number of ether oxygens (including phenoxy) is 2.